The van der Waals surface area contributed by atoms with E-state index >= 15 is 0 Å². The first-order valence-corrected chi connectivity index (χ1v) is 10.2. The van der Waals surface area contributed by atoms with Crippen molar-refractivity contribution in [2.24, 2.45) is 0 Å². The third-order valence-corrected chi connectivity index (χ3v) is 6.26. The highest BCUT2D eigenvalue weighted by Crippen LogP contribution is 2.42. The molecule has 8 heteroatoms. The molecule has 1 heterocycles. The van der Waals surface area contributed by atoms with Gasteiger partial charge in [-0.1, -0.05) is 49.9 Å². The Morgan fingerprint density at radius 1 is 1.18 bits per heavy atom. The zero-order valence-corrected chi connectivity index (χ0v) is 16.1. The van der Waals surface area contributed by atoms with Crippen LogP contribution >= 0.6 is 46.7 Å². The Labute approximate surface area is 150 Å². The molecule has 0 N–H and O–H groups in total. The molecule has 0 unspecified atom stereocenters. The summed E-state index contributed by atoms with van der Waals surface area (Å²) in [5.74, 6) is 1.77. The summed E-state index contributed by atoms with van der Waals surface area (Å²) in [4.78, 5) is 13.3. The van der Waals surface area contributed by atoms with Gasteiger partial charge in [-0.3, -0.25) is 10.1 Å². The lowest BCUT2D eigenvalue weighted by molar-refractivity contribution is -0.422. The number of halogens is 2. The number of hydrogen-bond donors (Lipinski definition) is 0. The first kappa shape index (κ1) is 20.0. The summed E-state index contributed by atoms with van der Waals surface area (Å²) < 4.78 is 0.705. The lowest BCUT2D eigenvalue weighted by Gasteiger charge is -2.26. The molecular formula is C14H22Cl2N2O2S2. The Morgan fingerprint density at radius 3 is 2.05 bits per heavy atom. The molecule has 126 valence electrons. The zero-order chi connectivity index (χ0) is 16.5. The maximum atomic E-state index is 11.6. The lowest BCUT2D eigenvalue weighted by atomic mass is 10.2. The third-order valence-electron chi connectivity index (χ3n) is 3.21. The molecule has 0 aromatic carbocycles. The molecule has 1 aliphatic rings. The summed E-state index contributed by atoms with van der Waals surface area (Å²) in [6.07, 6.45) is 3.94. The standard InChI is InChI=1S/C14H22Cl2N2O2S2/c1-3-5-7-17(8-6-4-2)11(13(15)16)12(18(19)20)14-21-9-10-22-14/h3-10H2,1-2H3. The highest BCUT2D eigenvalue weighted by Gasteiger charge is 2.32. The summed E-state index contributed by atoms with van der Waals surface area (Å²) >= 11 is 15.1. The Balaban J connectivity index is 3.19. The van der Waals surface area contributed by atoms with Crippen LogP contribution in [0.2, 0.25) is 0 Å². The molecule has 0 radical (unpaired) electrons. The van der Waals surface area contributed by atoms with Gasteiger partial charge in [0.2, 0.25) is 0 Å². The van der Waals surface area contributed by atoms with E-state index in [0.29, 0.717) is 5.70 Å². The van der Waals surface area contributed by atoms with Crippen molar-refractivity contribution in [1.29, 1.82) is 0 Å². The smallest absolute Gasteiger partial charge is 0.314 e. The molecule has 1 aliphatic heterocycles. The van der Waals surface area contributed by atoms with Gasteiger partial charge in [0.05, 0.1) is 4.92 Å². The van der Waals surface area contributed by atoms with Gasteiger partial charge in [-0.2, -0.15) is 0 Å². The average molecular weight is 385 g/mol. The van der Waals surface area contributed by atoms with Crippen LogP contribution in [0.15, 0.2) is 20.1 Å². The molecule has 0 atom stereocenters. The first-order valence-electron chi connectivity index (χ1n) is 7.47. The molecule has 0 aromatic rings. The fourth-order valence-corrected chi connectivity index (χ4v) is 5.00. The lowest BCUT2D eigenvalue weighted by Crippen LogP contribution is -2.29. The number of nitrogens with zero attached hydrogens (tertiary/aromatic N) is 2. The van der Waals surface area contributed by atoms with Crippen LogP contribution in [0, 0.1) is 10.1 Å². The molecule has 1 saturated heterocycles. The van der Waals surface area contributed by atoms with E-state index in [1.54, 1.807) is 0 Å². The van der Waals surface area contributed by atoms with Crippen molar-refractivity contribution < 1.29 is 4.92 Å². The SMILES string of the molecule is CCCCN(CCCC)C(=C(Cl)Cl)C(=C1SCCS1)[N+](=O)[O-]. The van der Waals surface area contributed by atoms with Gasteiger partial charge in [0.1, 0.15) is 14.4 Å². The highest BCUT2D eigenvalue weighted by atomic mass is 35.5. The van der Waals surface area contributed by atoms with E-state index in [9.17, 15) is 10.1 Å². The van der Waals surface area contributed by atoms with Gasteiger partial charge in [-0.15, -0.1) is 23.5 Å². The van der Waals surface area contributed by atoms with Gasteiger partial charge >= 0.3 is 5.70 Å². The largest absolute Gasteiger partial charge is 0.364 e. The highest BCUT2D eigenvalue weighted by molar-refractivity contribution is 8.25. The summed E-state index contributed by atoms with van der Waals surface area (Å²) in [5.41, 5.74) is 0.451. The van der Waals surface area contributed by atoms with Crippen molar-refractivity contribution in [1.82, 2.24) is 4.90 Å². The molecule has 1 fully saturated rings. The molecule has 1 rings (SSSR count). The minimum atomic E-state index is -0.342. The monoisotopic (exact) mass is 384 g/mol. The van der Waals surface area contributed by atoms with Crippen molar-refractivity contribution in [3.05, 3.63) is 30.2 Å². The minimum Gasteiger partial charge on any atom is -0.364 e. The topological polar surface area (TPSA) is 46.4 Å². The van der Waals surface area contributed by atoms with Crippen LogP contribution in [0.1, 0.15) is 39.5 Å². The third kappa shape index (κ3) is 5.87. The summed E-state index contributed by atoms with van der Waals surface area (Å²) in [6.45, 7) is 5.65. The van der Waals surface area contributed by atoms with Crippen molar-refractivity contribution in [3.8, 4) is 0 Å². The second-order valence-corrected chi connectivity index (χ2v) is 8.31. The van der Waals surface area contributed by atoms with Crippen LogP contribution in [-0.2, 0) is 0 Å². The van der Waals surface area contributed by atoms with Crippen LogP contribution in [0.5, 0.6) is 0 Å². The van der Waals surface area contributed by atoms with Crippen molar-refractivity contribution in [3.63, 3.8) is 0 Å². The molecule has 0 spiro atoms. The van der Waals surface area contributed by atoms with Crippen LogP contribution in [0.25, 0.3) is 0 Å². The normalized spacial score (nSPS) is 14.1. The van der Waals surface area contributed by atoms with Crippen LogP contribution in [-0.4, -0.2) is 34.4 Å². The van der Waals surface area contributed by atoms with Gasteiger partial charge in [0.25, 0.3) is 0 Å². The number of unbranched alkanes of at least 4 members (excludes halogenated alkanes) is 2. The number of nitro groups is 1. The van der Waals surface area contributed by atoms with E-state index < -0.39 is 0 Å². The first-order chi connectivity index (χ1) is 10.5. The van der Waals surface area contributed by atoms with Crippen LogP contribution in [0.3, 0.4) is 0 Å². The van der Waals surface area contributed by atoms with Gasteiger partial charge in [0, 0.05) is 24.6 Å². The maximum Gasteiger partial charge on any atom is 0.314 e. The number of rotatable bonds is 9. The fourth-order valence-electron chi connectivity index (χ4n) is 2.10. The number of hydrogen-bond acceptors (Lipinski definition) is 5. The zero-order valence-electron chi connectivity index (χ0n) is 12.9. The summed E-state index contributed by atoms with van der Waals surface area (Å²) in [6, 6.07) is 0. The van der Waals surface area contributed by atoms with Gasteiger partial charge in [-0.25, -0.2) is 0 Å². The molecule has 0 aromatic heterocycles. The summed E-state index contributed by atoms with van der Waals surface area (Å²) in [7, 11) is 0. The Kier molecular flexibility index (Phi) is 9.71. The van der Waals surface area contributed by atoms with Crippen molar-refractivity contribution in [2.75, 3.05) is 24.6 Å². The van der Waals surface area contributed by atoms with Crippen LogP contribution in [0.4, 0.5) is 0 Å². The average Bonchev–Trinajstić information content (AvgIpc) is 2.98. The second kappa shape index (κ2) is 10.7. The molecule has 4 nitrogen and oxygen atoms in total. The van der Waals surface area contributed by atoms with Crippen molar-refractivity contribution >= 4 is 46.7 Å². The van der Waals surface area contributed by atoms with Gasteiger partial charge < -0.3 is 4.90 Å². The van der Waals surface area contributed by atoms with Crippen LogP contribution < -0.4 is 0 Å². The molecular weight excluding hydrogens is 363 g/mol. The second-order valence-electron chi connectivity index (χ2n) is 4.89. The molecule has 0 aliphatic carbocycles. The number of thioether (sulfide) groups is 2. The molecule has 0 saturated carbocycles. The Morgan fingerprint density at radius 2 is 1.68 bits per heavy atom. The Hall–Kier alpha value is -0.0400. The van der Waals surface area contributed by atoms with Crippen molar-refractivity contribution in [2.45, 2.75) is 39.5 Å². The van der Waals surface area contributed by atoms with Gasteiger partial charge in [0.15, 0.2) is 0 Å². The Bertz CT molecular complexity index is 436. The minimum absolute atomic E-state index is 0.0143. The molecule has 22 heavy (non-hydrogen) atoms. The van der Waals surface area contributed by atoms with E-state index in [-0.39, 0.29) is 15.1 Å². The molecule has 0 bridgehead atoms. The van der Waals surface area contributed by atoms with E-state index in [1.807, 2.05) is 4.90 Å². The molecule has 0 amide bonds. The van der Waals surface area contributed by atoms with E-state index in [0.717, 1.165) is 54.5 Å². The fraction of sp³-hybridized carbons (Fsp3) is 0.714. The predicted octanol–water partition coefficient (Wildman–Crippen LogP) is 5.46. The van der Waals surface area contributed by atoms with E-state index in [2.05, 4.69) is 13.8 Å². The quantitative estimate of drug-likeness (QED) is 0.390. The predicted molar refractivity (Wildman–Crippen MR) is 99.1 cm³/mol. The van der Waals surface area contributed by atoms with Gasteiger partial charge in [-0.05, 0) is 12.8 Å². The van der Waals surface area contributed by atoms with E-state index in [4.69, 9.17) is 23.2 Å². The van der Waals surface area contributed by atoms with E-state index in [1.165, 1.54) is 23.5 Å². The summed E-state index contributed by atoms with van der Waals surface area (Å²) in [5, 5.41) is 11.6. The maximum absolute atomic E-state index is 11.6.